The molecule has 1 aliphatic heterocycles. The van der Waals surface area contributed by atoms with Crippen LogP contribution in [0.3, 0.4) is 0 Å². The van der Waals surface area contributed by atoms with Crippen LogP contribution < -0.4 is 9.64 Å². The van der Waals surface area contributed by atoms with Crippen molar-refractivity contribution in [2.45, 2.75) is 32.6 Å². The summed E-state index contributed by atoms with van der Waals surface area (Å²) in [4.78, 5) is 8.64. The number of aryl methyl sites for hydroxylation is 1. The van der Waals surface area contributed by atoms with E-state index in [0.717, 1.165) is 25.4 Å². The second-order valence-corrected chi connectivity index (χ2v) is 8.55. The highest BCUT2D eigenvalue weighted by atomic mass is 19.1. The van der Waals surface area contributed by atoms with Crippen LogP contribution in [-0.4, -0.2) is 51.8 Å². The van der Waals surface area contributed by atoms with Gasteiger partial charge in [-0.2, -0.15) is 0 Å². The van der Waals surface area contributed by atoms with Gasteiger partial charge in [0.15, 0.2) is 0 Å². The summed E-state index contributed by atoms with van der Waals surface area (Å²) in [5, 5.41) is 10.9. The van der Waals surface area contributed by atoms with Crippen LogP contribution in [0.1, 0.15) is 36.9 Å². The van der Waals surface area contributed by atoms with Crippen LogP contribution in [0.5, 0.6) is 5.75 Å². The number of ether oxygens (including phenoxy) is 1. The van der Waals surface area contributed by atoms with Crippen LogP contribution in [0.15, 0.2) is 54.9 Å². The van der Waals surface area contributed by atoms with Crippen LogP contribution in [0.25, 0.3) is 0 Å². The predicted octanol–water partition coefficient (Wildman–Crippen LogP) is 3.75. The zero-order chi connectivity index (χ0) is 22.7. The standard InChI is InChI=1S/C25H31FN4O2/c1-18(2)32-20-9-7-19(8-10-20)17-29-13-15-30(16-14-29)23-21(5-4-6-22(23)26)24(31)25-27-11-12-28(25)3/h4-12,18,24,31H,13-17H2,1-3H3. The van der Waals surface area contributed by atoms with Crippen molar-refractivity contribution in [1.82, 2.24) is 14.5 Å². The Labute approximate surface area is 188 Å². The lowest BCUT2D eigenvalue weighted by molar-refractivity contribution is 0.205. The van der Waals surface area contributed by atoms with Gasteiger partial charge in [0.25, 0.3) is 0 Å². The van der Waals surface area contributed by atoms with Crippen LogP contribution >= 0.6 is 0 Å². The van der Waals surface area contributed by atoms with Gasteiger partial charge in [-0.3, -0.25) is 4.90 Å². The number of aromatic nitrogens is 2. The number of rotatable bonds is 7. The molecule has 1 fully saturated rings. The summed E-state index contributed by atoms with van der Waals surface area (Å²) in [7, 11) is 1.82. The van der Waals surface area contributed by atoms with Gasteiger partial charge >= 0.3 is 0 Å². The minimum absolute atomic E-state index is 0.160. The number of halogens is 1. The molecule has 1 atom stereocenters. The average molecular weight is 439 g/mol. The van der Waals surface area contributed by atoms with E-state index in [9.17, 15) is 9.50 Å². The first kappa shape index (κ1) is 22.3. The maximum atomic E-state index is 14.9. The molecule has 0 aliphatic carbocycles. The van der Waals surface area contributed by atoms with Gasteiger partial charge in [-0.1, -0.05) is 24.3 Å². The van der Waals surface area contributed by atoms with E-state index in [1.54, 1.807) is 29.1 Å². The number of aliphatic hydroxyl groups is 1. The van der Waals surface area contributed by atoms with Crippen LogP contribution in [-0.2, 0) is 13.6 Å². The number of para-hydroxylation sites is 1. The quantitative estimate of drug-likeness (QED) is 0.609. The largest absolute Gasteiger partial charge is 0.491 e. The zero-order valence-corrected chi connectivity index (χ0v) is 18.9. The summed E-state index contributed by atoms with van der Waals surface area (Å²) in [5.41, 5.74) is 2.25. The van der Waals surface area contributed by atoms with E-state index in [1.165, 1.54) is 11.6 Å². The molecule has 32 heavy (non-hydrogen) atoms. The second kappa shape index (κ2) is 9.71. The molecule has 0 amide bonds. The molecule has 0 bridgehead atoms. The molecule has 1 N–H and O–H groups in total. The van der Waals surface area contributed by atoms with Gasteiger partial charge in [0.2, 0.25) is 0 Å². The first-order valence-electron chi connectivity index (χ1n) is 11.1. The number of aliphatic hydroxyl groups excluding tert-OH is 1. The van der Waals surface area contributed by atoms with Crippen LogP contribution in [0, 0.1) is 5.82 Å². The number of hydrogen-bond acceptors (Lipinski definition) is 5. The number of nitrogens with zero attached hydrogens (tertiary/aromatic N) is 4. The number of imidazole rings is 1. The van der Waals surface area contributed by atoms with Crippen molar-refractivity contribution in [2.24, 2.45) is 7.05 Å². The first-order valence-corrected chi connectivity index (χ1v) is 11.1. The molecule has 3 aromatic rings. The molecule has 2 aromatic carbocycles. The van der Waals surface area contributed by atoms with Crippen molar-refractivity contribution in [3.8, 4) is 5.75 Å². The molecule has 0 radical (unpaired) electrons. The van der Waals surface area contributed by atoms with Gasteiger partial charge in [0, 0.05) is 57.7 Å². The summed E-state index contributed by atoms with van der Waals surface area (Å²) in [6, 6.07) is 13.1. The molecule has 170 valence electrons. The van der Waals surface area contributed by atoms with Gasteiger partial charge in [-0.15, -0.1) is 0 Å². The summed E-state index contributed by atoms with van der Waals surface area (Å²) in [6.07, 6.45) is 2.59. The van der Waals surface area contributed by atoms with Gasteiger partial charge < -0.3 is 19.3 Å². The van der Waals surface area contributed by atoms with Gasteiger partial charge in [0.1, 0.15) is 23.5 Å². The molecule has 1 unspecified atom stereocenters. The van der Waals surface area contributed by atoms with Crippen molar-refractivity contribution < 1.29 is 14.2 Å². The van der Waals surface area contributed by atoms with Gasteiger partial charge in [-0.25, -0.2) is 9.37 Å². The lowest BCUT2D eigenvalue weighted by Gasteiger charge is -2.37. The third-order valence-corrected chi connectivity index (χ3v) is 5.81. The summed E-state index contributed by atoms with van der Waals surface area (Å²) < 4.78 is 22.4. The molecule has 1 aliphatic rings. The highest BCUT2D eigenvalue weighted by Gasteiger charge is 2.26. The fourth-order valence-corrected chi connectivity index (χ4v) is 4.20. The van der Waals surface area contributed by atoms with Crippen molar-refractivity contribution in [2.75, 3.05) is 31.1 Å². The number of benzene rings is 2. The van der Waals surface area contributed by atoms with Crippen molar-refractivity contribution in [1.29, 1.82) is 0 Å². The third-order valence-electron chi connectivity index (χ3n) is 5.81. The van der Waals surface area contributed by atoms with E-state index in [4.69, 9.17) is 4.74 Å². The number of anilines is 1. The Balaban J connectivity index is 1.43. The van der Waals surface area contributed by atoms with Crippen LogP contribution in [0.2, 0.25) is 0 Å². The van der Waals surface area contributed by atoms with Crippen molar-refractivity contribution in [3.05, 3.63) is 77.6 Å². The highest BCUT2D eigenvalue weighted by molar-refractivity contribution is 5.57. The maximum Gasteiger partial charge on any atom is 0.146 e. The molecule has 7 heteroatoms. The minimum Gasteiger partial charge on any atom is -0.491 e. The molecule has 0 saturated carbocycles. The molecule has 1 saturated heterocycles. The van der Waals surface area contributed by atoms with E-state index in [0.29, 0.717) is 30.2 Å². The fourth-order valence-electron chi connectivity index (χ4n) is 4.20. The van der Waals surface area contributed by atoms with E-state index < -0.39 is 6.10 Å². The molecule has 2 heterocycles. The van der Waals surface area contributed by atoms with Gasteiger partial charge in [-0.05, 0) is 37.6 Å². The maximum absolute atomic E-state index is 14.9. The monoisotopic (exact) mass is 438 g/mol. The first-order chi connectivity index (χ1) is 15.4. The molecular formula is C25H31FN4O2. The Morgan fingerprint density at radius 1 is 1.06 bits per heavy atom. The van der Waals surface area contributed by atoms with E-state index in [-0.39, 0.29) is 11.9 Å². The van der Waals surface area contributed by atoms with Crippen LogP contribution in [0.4, 0.5) is 10.1 Å². The van der Waals surface area contributed by atoms with E-state index in [1.807, 2.05) is 37.9 Å². The Bertz CT molecular complexity index is 1030. The Morgan fingerprint density at radius 2 is 1.78 bits per heavy atom. The topological polar surface area (TPSA) is 53.8 Å². The summed E-state index contributed by atoms with van der Waals surface area (Å²) in [5.74, 6) is 1.07. The Kier molecular flexibility index (Phi) is 6.77. The fraction of sp³-hybridized carbons (Fsp3) is 0.400. The van der Waals surface area contributed by atoms with E-state index in [2.05, 4.69) is 22.0 Å². The molecule has 4 rings (SSSR count). The summed E-state index contributed by atoms with van der Waals surface area (Å²) in [6.45, 7) is 7.89. The SMILES string of the molecule is CC(C)Oc1ccc(CN2CCN(c3c(F)cccc3C(O)c3nccn3C)CC2)cc1. The predicted molar refractivity (Wildman–Crippen MR) is 123 cm³/mol. The molecule has 6 nitrogen and oxygen atoms in total. The minimum atomic E-state index is -0.981. The van der Waals surface area contributed by atoms with Crippen molar-refractivity contribution in [3.63, 3.8) is 0 Å². The van der Waals surface area contributed by atoms with Crippen molar-refractivity contribution >= 4 is 5.69 Å². The Hall–Kier alpha value is -2.90. The molecular weight excluding hydrogens is 407 g/mol. The normalized spacial score (nSPS) is 15.9. The lowest BCUT2D eigenvalue weighted by Crippen LogP contribution is -2.46. The number of hydrogen-bond donors (Lipinski definition) is 1. The number of piperazine rings is 1. The Morgan fingerprint density at radius 3 is 2.41 bits per heavy atom. The highest BCUT2D eigenvalue weighted by Crippen LogP contribution is 2.33. The zero-order valence-electron chi connectivity index (χ0n) is 18.9. The molecule has 1 aromatic heterocycles. The van der Waals surface area contributed by atoms with E-state index >= 15 is 0 Å². The average Bonchev–Trinajstić information content (AvgIpc) is 3.21. The molecule has 0 spiro atoms. The lowest BCUT2D eigenvalue weighted by atomic mass is 10.0. The summed E-state index contributed by atoms with van der Waals surface area (Å²) >= 11 is 0. The third kappa shape index (κ3) is 4.95. The second-order valence-electron chi connectivity index (χ2n) is 8.55. The van der Waals surface area contributed by atoms with Gasteiger partial charge in [0.05, 0.1) is 11.8 Å². The smallest absolute Gasteiger partial charge is 0.146 e.